The Morgan fingerprint density at radius 1 is 0.941 bits per heavy atom. The fourth-order valence-corrected chi connectivity index (χ4v) is 1.64. The van der Waals surface area contributed by atoms with Crippen LogP contribution in [0.4, 0.5) is 5.69 Å². The fourth-order valence-electron chi connectivity index (χ4n) is 1.64. The van der Waals surface area contributed by atoms with E-state index < -0.39 is 0 Å². The highest BCUT2D eigenvalue weighted by Crippen LogP contribution is 2.31. The van der Waals surface area contributed by atoms with Gasteiger partial charge in [-0.25, -0.2) is 0 Å². The van der Waals surface area contributed by atoms with Gasteiger partial charge in [-0.05, 0) is 31.2 Å². The van der Waals surface area contributed by atoms with Crippen molar-refractivity contribution in [2.75, 3.05) is 18.5 Å². The van der Waals surface area contributed by atoms with Crippen LogP contribution in [0.15, 0.2) is 54.6 Å². The van der Waals surface area contributed by atoms with Crippen LogP contribution in [0.25, 0.3) is 0 Å². The van der Waals surface area contributed by atoms with E-state index in [2.05, 4.69) is 24.9 Å². The first kappa shape index (κ1) is 11.5. The molecule has 0 saturated heterocycles. The molecular formula is C15H17NO. The smallest absolute Gasteiger partial charge is 0.150 e. The van der Waals surface area contributed by atoms with E-state index in [0.29, 0.717) is 0 Å². The number of ether oxygens (including phenoxy) is 1. The van der Waals surface area contributed by atoms with Gasteiger partial charge < -0.3 is 9.64 Å². The lowest BCUT2D eigenvalue weighted by atomic mass is 10.2. The molecule has 2 aromatic carbocycles. The minimum Gasteiger partial charge on any atom is -0.455 e. The van der Waals surface area contributed by atoms with Gasteiger partial charge in [0.25, 0.3) is 0 Å². The van der Waals surface area contributed by atoms with Crippen molar-refractivity contribution in [1.82, 2.24) is 0 Å². The van der Waals surface area contributed by atoms with Crippen molar-refractivity contribution >= 4 is 5.69 Å². The second-order valence-electron chi connectivity index (χ2n) is 3.90. The van der Waals surface area contributed by atoms with Gasteiger partial charge >= 0.3 is 0 Å². The lowest BCUT2D eigenvalue weighted by molar-refractivity contribution is 0.482. The third kappa shape index (κ3) is 2.78. The topological polar surface area (TPSA) is 12.5 Å². The number of para-hydroxylation sites is 3. The second-order valence-corrected chi connectivity index (χ2v) is 3.90. The van der Waals surface area contributed by atoms with Crippen LogP contribution >= 0.6 is 0 Å². The first-order valence-corrected chi connectivity index (χ1v) is 5.84. The second kappa shape index (κ2) is 5.39. The normalized spacial score (nSPS) is 10.0. The van der Waals surface area contributed by atoms with Crippen LogP contribution in [0.2, 0.25) is 0 Å². The molecule has 17 heavy (non-hydrogen) atoms. The predicted molar refractivity (Wildman–Crippen MR) is 71.9 cm³/mol. The Morgan fingerprint density at radius 2 is 1.59 bits per heavy atom. The van der Waals surface area contributed by atoms with Gasteiger partial charge in [0.05, 0.1) is 5.69 Å². The van der Waals surface area contributed by atoms with Crippen molar-refractivity contribution in [1.29, 1.82) is 0 Å². The third-order valence-electron chi connectivity index (χ3n) is 2.72. The molecule has 2 heteroatoms. The standard InChI is InChI=1S/C15H17NO/c1-3-16(2)14-11-7-8-12-15(14)17-13-9-5-4-6-10-13/h4-12H,3H2,1-2H3. The Labute approximate surface area is 102 Å². The Kier molecular flexibility index (Phi) is 3.66. The highest BCUT2D eigenvalue weighted by Gasteiger charge is 2.06. The monoisotopic (exact) mass is 227 g/mol. The summed E-state index contributed by atoms with van der Waals surface area (Å²) in [5, 5.41) is 0. The first-order valence-electron chi connectivity index (χ1n) is 5.84. The van der Waals surface area contributed by atoms with E-state index in [0.717, 1.165) is 23.7 Å². The van der Waals surface area contributed by atoms with Gasteiger partial charge in [-0.1, -0.05) is 30.3 Å². The minimum absolute atomic E-state index is 0.865. The minimum atomic E-state index is 0.865. The van der Waals surface area contributed by atoms with Crippen LogP contribution in [0.3, 0.4) is 0 Å². The van der Waals surface area contributed by atoms with E-state index in [1.165, 1.54) is 0 Å². The molecular weight excluding hydrogens is 210 g/mol. The van der Waals surface area contributed by atoms with E-state index in [4.69, 9.17) is 4.74 Å². The quantitative estimate of drug-likeness (QED) is 0.784. The van der Waals surface area contributed by atoms with Gasteiger partial charge in [0.1, 0.15) is 5.75 Å². The largest absolute Gasteiger partial charge is 0.455 e. The van der Waals surface area contributed by atoms with Crippen molar-refractivity contribution in [3.8, 4) is 11.5 Å². The Balaban J connectivity index is 2.27. The molecule has 0 spiro atoms. The zero-order valence-corrected chi connectivity index (χ0v) is 10.3. The molecule has 0 unspecified atom stereocenters. The van der Waals surface area contributed by atoms with E-state index in [-0.39, 0.29) is 0 Å². The van der Waals surface area contributed by atoms with Crippen molar-refractivity contribution in [2.24, 2.45) is 0 Å². The molecule has 0 amide bonds. The maximum absolute atomic E-state index is 5.89. The van der Waals surface area contributed by atoms with Crippen molar-refractivity contribution in [2.45, 2.75) is 6.92 Å². The molecule has 0 aliphatic carbocycles. The van der Waals surface area contributed by atoms with Crippen molar-refractivity contribution in [3.63, 3.8) is 0 Å². The molecule has 0 bridgehead atoms. The van der Waals surface area contributed by atoms with Crippen molar-refractivity contribution in [3.05, 3.63) is 54.6 Å². The van der Waals surface area contributed by atoms with E-state index in [9.17, 15) is 0 Å². The number of rotatable bonds is 4. The van der Waals surface area contributed by atoms with Gasteiger partial charge in [-0.15, -0.1) is 0 Å². The lowest BCUT2D eigenvalue weighted by Gasteiger charge is -2.20. The summed E-state index contributed by atoms with van der Waals surface area (Å²) in [5.41, 5.74) is 1.11. The predicted octanol–water partition coefficient (Wildman–Crippen LogP) is 3.94. The summed E-state index contributed by atoms with van der Waals surface area (Å²) in [5.74, 6) is 1.76. The van der Waals surface area contributed by atoms with Crippen LogP contribution in [0.5, 0.6) is 11.5 Å². The molecule has 0 N–H and O–H groups in total. The van der Waals surface area contributed by atoms with Crippen LogP contribution in [-0.2, 0) is 0 Å². The van der Waals surface area contributed by atoms with Crippen LogP contribution in [-0.4, -0.2) is 13.6 Å². The molecule has 0 heterocycles. The molecule has 0 radical (unpaired) electrons. The number of hydrogen-bond acceptors (Lipinski definition) is 2. The van der Waals surface area contributed by atoms with Crippen LogP contribution < -0.4 is 9.64 Å². The molecule has 0 aliphatic heterocycles. The zero-order chi connectivity index (χ0) is 12.1. The highest BCUT2D eigenvalue weighted by atomic mass is 16.5. The summed E-state index contributed by atoms with van der Waals surface area (Å²) < 4.78 is 5.89. The number of anilines is 1. The molecule has 0 aliphatic rings. The number of hydrogen-bond donors (Lipinski definition) is 0. The van der Waals surface area contributed by atoms with Gasteiger partial charge in [-0.3, -0.25) is 0 Å². The Morgan fingerprint density at radius 3 is 2.29 bits per heavy atom. The fraction of sp³-hybridized carbons (Fsp3) is 0.200. The highest BCUT2D eigenvalue weighted by molar-refractivity contribution is 5.58. The van der Waals surface area contributed by atoms with E-state index in [1.54, 1.807) is 0 Å². The SMILES string of the molecule is CCN(C)c1ccccc1Oc1ccccc1. The maximum atomic E-state index is 5.89. The van der Waals surface area contributed by atoms with Gasteiger partial charge in [0.15, 0.2) is 5.75 Å². The summed E-state index contributed by atoms with van der Waals surface area (Å²) in [7, 11) is 2.06. The van der Waals surface area contributed by atoms with Gasteiger partial charge in [0, 0.05) is 13.6 Å². The van der Waals surface area contributed by atoms with E-state index in [1.807, 2.05) is 48.5 Å². The van der Waals surface area contributed by atoms with Crippen LogP contribution in [0.1, 0.15) is 6.92 Å². The Hall–Kier alpha value is -1.96. The number of nitrogens with zero attached hydrogens (tertiary/aromatic N) is 1. The molecule has 2 aromatic rings. The summed E-state index contributed by atoms with van der Waals surface area (Å²) in [6.45, 7) is 3.08. The van der Waals surface area contributed by atoms with E-state index >= 15 is 0 Å². The average molecular weight is 227 g/mol. The molecule has 0 atom stereocenters. The molecule has 2 nitrogen and oxygen atoms in total. The summed E-state index contributed by atoms with van der Waals surface area (Å²) >= 11 is 0. The third-order valence-corrected chi connectivity index (χ3v) is 2.72. The van der Waals surface area contributed by atoms with Gasteiger partial charge in [0.2, 0.25) is 0 Å². The Bertz CT molecular complexity index is 467. The number of benzene rings is 2. The molecule has 2 rings (SSSR count). The molecule has 88 valence electrons. The summed E-state index contributed by atoms with van der Waals surface area (Å²) in [6.07, 6.45) is 0. The zero-order valence-electron chi connectivity index (χ0n) is 10.3. The molecule has 0 aromatic heterocycles. The van der Waals surface area contributed by atoms with Gasteiger partial charge in [-0.2, -0.15) is 0 Å². The molecule has 0 saturated carbocycles. The molecule has 0 fully saturated rings. The van der Waals surface area contributed by atoms with Crippen LogP contribution in [0, 0.1) is 0 Å². The van der Waals surface area contributed by atoms with Crippen molar-refractivity contribution < 1.29 is 4.74 Å². The maximum Gasteiger partial charge on any atom is 0.150 e. The lowest BCUT2D eigenvalue weighted by Crippen LogP contribution is -2.16. The first-order chi connectivity index (χ1) is 8.31. The average Bonchev–Trinajstić information content (AvgIpc) is 2.40. The summed E-state index contributed by atoms with van der Waals surface area (Å²) in [6, 6.07) is 17.9. The summed E-state index contributed by atoms with van der Waals surface area (Å²) in [4.78, 5) is 2.16.